The van der Waals surface area contributed by atoms with Crippen LogP contribution >= 0.6 is 0 Å². The van der Waals surface area contributed by atoms with Crippen molar-refractivity contribution in [2.75, 3.05) is 0 Å². The van der Waals surface area contributed by atoms with Gasteiger partial charge in [0.05, 0.1) is 5.56 Å². The molecule has 1 atom stereocenters. The lowest BCUT2D eigenvalue weighted by molar-refractivity contribution is -0.137. The van der Waals surface area contributed by atoms with Crippen LogP contribution in [0.2, 0.25) is 0 Å². The maximum Gasteiger partial charge on any atom is 0.416 e. The predicted octanol–water partition coefficient (Wildman–Crippen LogP) is 4.16. The number of nitrogens with two attached hydrogens (primary N) is 1. The Hall–Kier alpha value is -1.03. The Bertz CT molecular complexity index is 360. The van der Waals surface area contributed by atoms with Crippen molar-refractivity contribution < 1.29 is 13.2 Å². The highest BCUT2D eigenvalue weighted by molar-refractivity contribution is 5.26. The first-order valence-electron chi connectivity index (χ1n) is 6.35. The van der Waals surface area contributed by atoms with Gasteiger partial charge < -0.3 is 5.73 Å². The van der Waals surface area contributed by atoms with E-state index in [1.165, 1.54) is 12.1 Å². The molecule has 102 valence electrons. The van der Waals surface area contributed by atoms with Crippen LogP contribution in [0.1, 0.15) is 43.7 Å². The van der Waals surface area contributed by atoms with Crippen LogP contribution in [-0.4, -0.2) is 6.04 Å². The summed E-state index contributed by atoms with van der Waals surface area (Å²) in [7, 11) is 0. The molecular formula is C14H20F3N. The maximum atomic E-state index is 12.5. The number of hydrogen-bond donors (Lipinski definition) is 1. The monoisotopic (exact) mass is 259 g/mol. The van der Waals surface area contributed by atoms with Crippen LogP contribution in [0.15, 0.2) is 24.3 Å². The molecule has 0 spiro atoms. The van der Waals surface area contributed by atoms with E-state index in [0.717, 1.165) is 31.7 Å². The SMILES string of the molecule is CCCCCC(N)Cc1cccc(C(F)(F)F)c1. The smallest absolute Gasteiger partial charge is 0.327 e. The molecule has 0 bridgehead atoms. The highest BCUT2D eigenvalue weighted by Crippen LogP contribution is 2.29. The number of benzene rings is 1. The van der Waals surface area contributed by atoms with Crippen molar-refractivity contribution in [3.05, 3.63) is 35.4 Å². The van der Waals surface area contributed by atoms with E-state index < -0.39 is 11.7 Å². The Morgan fingerprint density at radius 1 is 1.22 bits per heavy atom. The van der Waals surface area contributed by atoms with Gasteiger partial charge in [-0.15, -0.1) is 0 Å². The number of hydrogen-bond acceptors (Lipinski definition) is 1. The lowest BCUT2D eigenvalue weighted by atomic mass is 10.00. The summed E-state index contributed by atoms with van der Waals surface area (Å²) in [5, 5.41) is 0. The molecular weight excluding hydrogens is 239 g/mol. The highest BCUT2D eigenvalue weighted by atomic mass is 19.4. The average molecular weight is 259 g/mol. The van der Waals surface area contributed by atoms with Crippen LogP contribution in [0, 0.1) is 0 Å². The molecule has 1 unspecified atom stereocenters. The molecule has 1 aromatic carbocycles. The summed E-state index contributed by atoms with van der Waals surface area (Å²) in [4.78, 5) is 0. The van der Waals surface area contributed by atoms with Crippen LogP contribution in [-0.2, 0) is 12.6 Å². The molecule has 1 aromatic rings. The molecule has 0 aliphatic rings. The minimum atomic E-state index is -4.28. The summed E-state index contributed by atoms with van der Waals surface area (Å²) in [5.41, 5.74) is 5.99. The van der Waals surface area contributed by atoms with E-state index >= 15 is 0 Å². The van der Waals surface area contributed by atoms with Gasteiger partial charge in [0.25, 0.3) is 0 Å². The van der Waals surface area contributed by atoms with Crippen molar-refractivity contribution in [1.29, 1.82) is 0 Å². The maximum absolute atomic E-state index is 12.5. The van der Waals surface area contributed by atoms with Crippen LogP contribution < -0.4 is 5.73 Å². The van der Waals surface area contributed by atoms with Gasteiger partial charge in [0.15, 0.2) is 0 Å². The average Bonchev–Trinajstić information content (AvgIpc) is 2.28. The standard InChI is InChI=1S/C14H20F3N/c1-2-3-4-8-13(18)10-11-6-5-7-12(9-11)14(15,16)17/h5-7,9,13H,2-4,8,10,18H2,1H3. The third-order valence-electron chi connectivity index (χ3n) is 2.93. The largest absolute Gasteiger partial charge is 0.416 e. The summed E-state index contributed by atoms with van der Waals surface area (Å²) in [6.45, 7) is 2.11. The van der Waals surface area contributed by atoms with Crippen molar-refractivity contribution in [1.82, 2.24) is 0 Å². The quantitative estimate of drug-likeness (QED) is 0.763. The van der Waals surface area contributed by atoms with E-state index in [0.29, 0.717) is 12.0 Å². The second-order valence-electron chi connectivity index (χ2n) is 4.66. The molecule has 1 rings (SSSR count). The molecule has 0 aromatic heterocycles. The molecule has 0 saturated heterocycles. The topological polar surface area (TPSA) is 26.0 Å². The number of halogens is 3. The lowest BCUT2D eigenvalue weighted by Gasteiger charge is -2.13. The zero-order chi connectivity index (χ0) is 13.6. The highest BCUT2D eigenvalue weighted by Gasteiger charge is 2.30. The van der Waals surface area contributed by atoms with E-state index in [1.54, 1.807) is 6.07 Å². The molecule has 18 heavy (non-hydrogen) atoms. The minimum Gasteiger partial charge on any atom is -0.327 e. The number of unbranched alkanes of at least 4 members (excludes halogenated alkanes) is 2. The molecule has 2 N–H and O–H groups in total. The molecule has 0 amide bonds. The van der Waals surface area contributed by atoms with E-state index in [2.05, 4.69) is 6.92 Å². The Labute approximate surface area is 106 Å². The van der Waals surface area contributed by atoms with Gasteiger partial charge in [-0.05, 0) is 24.5 Å². The van der Waals surface area contributed by atoms with Crippen LogP contribution in [0.3, 0.4) is 0 Å². The van der Waals surface area contributed by atoms with Crippen molar-refractivity contribution in [3.63, 3.8) is 0 Å². The fourth-order valence-corrected chi connectivity index (χ4v) is 1.94. The summed E-state index contributed by atoms with van der Waals surface area (Å²) in [6.07, 6.45) is 0.378. The van der Waals surface area contributed by atoms with Crippen LogP contribution in [0.25, 0.3) is 0 Å². The van der Waals surface area contributed by atoms with Gasteiger partial charge in [-0.1, -0.05) is 44.4 Å². The van der Waals surface area contributed by atoms with Crippen molar-refractivity contribution in [2.24, 2.45) is 5.73 Å². The first-order valence-corrected chi connectivity index (χ1v) is 6.35. The summed E-state index contributed by atoms with van der Waals surface area (Å²) >= 11 is 0. The zero-order valence-electron chi connectivity index (χ0n) is 10.6. The summed E-state index contributed by atoms with van der Waals surface area (Å²) < 4.78 is 37.6. The Morgan fingerprint density at radius 3 is 2.56 bits per heavy atom. The summed E-state index contributed by atoms with van der Waals surface area (Å²) in [6, 6.07) is 5.37. The van der Waals surface area contributed by atoms with E-state index in [9.17, 15) is 13.2 Å². The van der Waals surface area contributed by atoms with Crippen molar-refractivity contribution in [2.45, 2.75) is 51.2 Å². The molecule has 0 aliphatic heterocycles. The molecule has 0 fully saturated rings. The Balaban J connectivity index is 2.57. The Morgan fingerprint density at radius 2 is 1.94 bits per heavy atom. The van der Waals surface area contributed by atoms with Crippen molar-refractivity contribution in [3.8, 4) is 0 Å². The molecule has 0 aliphatic carbocycles. The second kappa shape index (κ2) is 6.78. The fourth-order valence-electron chi connectivity index (χ4n) is 1.94. The van der Waals surface area contributed by atoms with Gasteiger partial charge in [0.2, 0.25) is 0 Å². The minimum absolute atomic E-state index is 0.0555. The summed E-state index contributed by atoms with van der Waals surface area (Å²) in [5.74, 6) is 0. The lowest BCUT2D eigenvalue weighted by Crippen LogP contribution is -2.22. The van der Waals surface area contributed by atoms with Gasteiger partial charge in [-0.25, -0.2) is 0 Å². The van der Waals surface area contributed by atoms with E-state index in [4.69, 9.17) is 5.73 Å². The van der Waals surface area contributed by atoms with Gasteiger partial charge in [-0.2, -0.15) is 13.2 Å². The van der Waals surface area contributed by atoms with Gasteiger partial charge >= 0.3 is 6.18 Å². The van der Waals surface area contributed by atoms with Gasteiger partial charge in [0.1, 0.15) is 0 Å². The fraction of sp³-hybridized carbons (Fsp3) is 0.571. The van der Waals surface area contributed by atoms with Crippen LogP contribution in [0.4, 0.5) is 13.2 Å². The first-order chi connectivity index (χ1) is 8.43. The molecule has 0 saturated carbocycles. The number of alkyl halides is 3. The zero-order valence-corrected chi connectivity index (χ0v) is 10.6. The Kier molecular flexibility index (Phi) is 5.66. The normalized spacial score (nSPS) is 13.6. The molecule has 0 radical (unpaired) electrons. The predicted molar refractivity (Wildman–Crippen MR) is 67.3 cm³/mol. The van der Waals surface area contributed by atoms with E-state index in [-0.39, 0.29) is 6.04 Å². The third-order valence-corrected chi connectivity index (χ3v) is 2.93. The van der Waals surface area contributed by atoms with Crippen molar-refractivity contribution >= 4 is 0 Å². The molecule has 4 heteroatoms. The van der Waals surface area contributed by atoms with Gasteiger partial charge in [0, 0.05) is 6.04 Å². The molecule has 1 nitrogen and oxygen atoms in total. The van der Waals surface area contributed by atoms with Gasteiger partial charge in [-0.3, -0.25) is 0 Å². The molecule has 0 heterocycles. The van der Waals surface area contributed by atoms with Crippen LogP contribution in [0.5, 0.6) is 0 Å². The third kappa shape index (κ3) is 5.08. The number of rotatable bonds is 6. The first kappa shape index (κ1) is 15.0. The second-order valence-corrected chi connectivity index (χ2v) is 4.66. The van der Waals surface area contributed by atoms with E-state index in [1.807, 2.05) is 0 Å².